The first-order valence-corrected chi connectivity index (χ1v) is 6.15. The Morgan fingerprint density at radius 1 is 1.44 bits per heavy atom. The van der Waals surface area contributed by atoms with E-state index in [9.17, 15) is 8.78 Å². The quantitative estimate of drug-likeness (QED) is 0.788. The van der Waals surface area contributed by atoms with Crippen molar-refractivity contribution in [2.24, 2.45) is 0 Å². The van der Waals surface area contributed by atoms with Crippen molar-refractivity contribution < 1.29 is 13.5 Å². The molecule has 2 aromatic rings. The molecule has 0 bridgehead atoms. The lowest BCUT2D eigenvalue weighted by Crippen LogP contribution is -2.14. The van der Waals surface area contributed by atoms with Gasteiger partial charge in [-0.05, 0) is 11.4 Å². The lowest BCUT2D eigenvalue weighted by Gasteiger charge is -2.07. The zero-order valence-corrected chi connectivity index (χ0v) is 10.2. The van der Waals surface area contributed by atoms with Gasteiger partial charge in [-0.1, -0.05) is 0 Å². The molecule has 0 saturated carbocycles. The van der Waals surface area contributed by atoms with Gasteiger partial charge in [0.25, 0.3) is 6.43 Å². The van der Waals surface area contributed by atoms with Crippen LogP contribution >= 0.6 is 11.3 Å². The van der Waals surface area contributed by atoms with Crippen molar-refractivity contribution in [3.05, 3.63) is 11.4 Å². The topological polar surface area (TPSA) is 73.1 Å². The third kappa shape index (κ3) is 3.23. The predicted octanol–water partition coefficient (Wildman–Crippen LogP) is 1.97. The first-order valence-electron chi connectivity index (χ1n) is 5.27. The number of hydrogen-bond donors (Lipinski definition) is 2. The van der Waals surface area contributed by atoms with Gasteiger partial charge in [-0.25, -0.2) is 13.8 Å². The third-order valence-corrected chi connectivity index (χ3v) is 2.93. The number of aromatic nitrogens is 2. The molecular weight excluding hydrogens is 262 g/mol. The van der Waals surface area contributed by atoms with Crippen molar-refractivity contribution in [3.8, 4) is 0 Å². The number of hydrogen-bond acceptors (Lipinski definition) is 6. The number of nitrogens with two attached hydrogens (primary N) is 1. The molecule has 5 nitrogen and oxygen atoms in total. The van der Waals surface area contributed by atoms with Crippen LogP contribution in [-0.2, 0) is 4.74 Å². The number of fused-ring (bicyclic) bond motifs is 1. The Labute approximate surface area is 106 Å². The van der Waals surface area contributed by atoms with E-state index in [-0.39, 0.29) is 12.6 Å². The molecule has 0 radical (unpaired) electrons. The second-order valence-electron chi connectivity index (χ2n) is 3.46. The Balaban J connectivity index is 1.93. The van der Waals surface area contributed by atoms with Gasteiger partial charge in [-0.3, -0.25) is 0 Å². The van der Waals surface area contributed by atoms with E-state index in [1.807, 2.05) is 11.4 Å². The van der Waals surface area contributed by atoms with Crippen LogP contribution in [0.1, 0.15) is 0 Å². The standard InChI is InChI=1S/C10H12F2N4OS/c11-7(12)5-17-3-2-14-8-6-1-4-18-9(6)16-10(13)15-8/h1,4,7H,2-3,5H2,(H3,13,14,15,16). The average Bonchev–Trinajstić information content (AvgIpc) is 2.75. The van der Waals surface area contributed by atoms with Crippen molar-refractivity contribution >= 4 is 33.3 Å². The summed E-state index contributed by atoms with van der Waals surface area (Å²) in [6, 6.07) is 1.88. The van der Waals surface area contributed by atoms with Crippen molar-refractivity contribution in [2.75, 3.05) is 30.8 Å². The first-order chi connectivity index (χ1) is 8.66. The Hall–Kier alpha value is -1.54. The Kier molecular flexibility index (Phi) is 4.21. The normalized spacial score (nSPS) is 11.3. The molecule has 98 valence electrons. The van der Waals surface area contributed by atoms with Crippen molar-refractivity contribution in [3.63, 3.8) is 0 Å². The first kappa shape index (κ1) is 12.9. The molecule has 2 heterocycles. The SMILES string of the molecule is Nc1nc(NCCOCC(F)F)c2ccsc2n1. The summed E-state index contributed by atoms with van der Waals surface area (Å²) in [5.41, 5.74) is 5.57. The molecule has 0 spiro atoms. The van der Waals surface area contributed by atoms with E-state index in [0.29, 0.717) is 12.4 Å². The molecule has 0 fully saturated rings. The van der Waals surface area contributed by atoms with Crippen molar-refractivity contribution in [2.45, 2.75) is 6.43 Å². The van der Waals surface area contributed by atoms with Gasteiger partial charge in [-0.15, -0.1) is 11.3 Å². The number of rotatable bonds is 6. The number of nitrogens with one attached hydrogen (secondary N) is 1. The van der Waals surface area contributed by atoms with Gasteiger partial charge < -0.3 is 15.8 Å². The lowest BCUT2D eigenvalue weighted by atomic mass is 10.4. The van der Waals surface area contributed by atoms with Gasteiger partial charge in [0, 0.05) is 6.54 Å². The lowest BCUT2D eigenvalue weighted by molar-refractivity contribution is 0.0215. The highest BCUT2D eigenvalue weighted by Crippen LogP contribution is 2.25. The molecule has 2 rings (SSSR count). The van der Waals surface area contributed by atoms with E-state index < -0.39 is 13.0 Å². The average molecular weight is 274 g/mol. The molecule has 0 aliphatic heterocycles. The summed E-state index contributed by atoms with van der Waals surface area (Å²) in [4.78, 5) is 8.93. The number of ether oxygens (including phenoxy) is 1. The monoisotopic (exact) mass is 274 g/mol. The van der Waals surface area contributed by atoms with Crippen molar-refractivity contribution in [1.82, 2.24) is 9.97 Å². The van der Waals surface area contributed by atoms with E-state index in [1.54, 1.807) is 0 Å². The number of thiophene rings is 1. The highest BCUT2D eigenvalue weighted by Gasteiger charge is 2.07. The van der Waals surface area contributed by atoms with Crippen LogP contribution in [0.2, 0.25) is 0 Å². The van der Waals surface area contributed by atoms with E-state index in [2.05, 4.69) is 15.3 Å². The molecule has 18 heavy (non-hydrogen) atoms. The largest absolute Gasteiger partial charge is 0.374 e. The fraction of sp³-hybridized carbons (Fsp3) is 0.400. The minimum Gasteiger partial charge on any atom is -0.374 e. The highest BCUT2D eigenvalue weighted by atomic mass is 32.1. The van der Waals surface area contributed by atoms with Crippen LogP contribution in [0.4, 0.5) is 20.5 Å². The summed E-state index contributed by atoms with van der Waals surface area (Å²) in [5, 5.41) is 5.74. The predicted molar refractivity (Wildman–Crippen MR) is 67.1 cm³/mol. The molecule has 8 heteroatoms. The van der Waals surface area contributed by atoms with Crippen LogP contribution in [0.3, 0.4) is 0 Å². The van der Waals surface area contributed by atoms with E-state index in [4.69, 9.17) is 10.5 Å². The van der Waals surface area contributed by atoms with Crippen LogP contribution < -0.4 is 11.1 Å². The van der Waals surface area contributed by atoms with Gasteiger partial charge >= 0.3 is 0 Å². The molecule has 0 saturated heterocycles. The maximum Gasteiger partial charge on any atom is 0.261 e. The fourth-order valence-corrected chi connectivity index (χ4v) is 2.19. The zero-order valence-electron chi connectivity index (χ0n) is 9.40. The molecule has 3 N–H and O–H groups in total. The van der Waals surface area contributed by atoms with Crippen LogP contribution in [0.15, 0.2) is 11.4 Å². The van der Waals surface area contributed by atoms with Crippen LogP contribution in [0.5, 0.6) is 0 Å². The summed E-state index contributed by atoms with van der Waals surface area (Å²) >= 11 is 1.46. The number of nitrogen functional groups attached to an aromatic ring is 1. The van der Waals surface area contributed by atoms with Gasteiger partial charge in [0.15, 0.2) is 0 Å². The molecule has 0 aromatic carbocycles. The summed E-state index contributed by atoms with van der Waals surface area (Å²) in [6.45, 7) is 0.00938. The maximum absolute atomic E-state index is 11.8. The molecule has 0 atom stereocenters. The molecule has 2 aromatic heterocycles. The third-order valence-electron chi connectivity index (χ3n) is 2.13. The number of nitrogens with zero attached hydrogens (tertiary/aromatic N) is 2. The molecular formula is C10H12F2N4OS. The van der Waals surface area contributed by atoms with Crippen LogP contribution in [0.25, 0.3) is 10.2 Å². The summed E-state index contributed by atoms with van der Waals surface area (Å²) in [5.74, 6) is 0.778. The van der Waals surface area contributed by atoms with Crippen LogP contribution in [-0.4, -0.2) is 36.2 Å². The fourth-order valence-electron chi connectivity index (χ4n) is 1.42. The smallest absolute Gasteiger partial charge is 0.261 e. The Morgan fingerprint density at radius 3 is 3.06 bits per heavy atom. The van der Waals surface area contributed by atoms with E-state index >= 15 is 0 Å². The summed E-state index contributed by atoms with van der Waals surface area (Å²) < 4.78 is 28.4. The second kappa shape index (κ2) is 5.87. The van der Waals surface area contributed by atoms with Crippen molar-refractivity contribution in [1.29, 1.82) is 0 Å². The number of anilines is 2. The van der Waals surface area contributed by atoms with Crippen LogP contribution in [0, 0.1) is 0 Å². The molecule has 0 aliphatic carbocycles. The van der Waals surface area contributed by atoms with Gasteiger partial charge in [0.05, 0.1) is 12.0 Å². The maximum atomic E-state index is 11.8. The van der Waals surface area contributed by atoms with E-state index in [0.717, 1.165) is 10.2 Å². The summed E-state index contributed by atoms with van der Waals surface area (Å²) in [6.07, 6.45) is -2.44. The summed E-state index contributed by atoms with van der Waals surface area (Å²) in [7, 11) is 0. The molecule has 0 amide bonds. The van der Waals surface area contributed by atoms with E-state index in [1.165, 1.54) is 11.3 Å². The Bertz CT molecular complexity index is 520. The minimum absolute atomic E-state index is 0.180. The van der Waals surface area contributed by atoms with Gasteiger partial charge in [0.2, 0.25) is 5.95 Å². The highest BCUT2D eigenvalue weighted by molar-refractivity contribution is 7.16. The number of halogens is 2. The van der Waals surface area contributed by atoms with Gasteiger partial charge in [0.1, 0.15) is 17.3 Å². The number of alkyl halides is 2. The van der Waals surface area contributed by atoms with Gasteiger partial charge in [-0.2, -0.15) is 4.98 Å². The molecule has 0 aliphatic rings. The minimum atomic E-state index is -2.44. The second-order valence-corrected chi connectivity index (χ2v) is 4.36. The zero-order chi connectivity index (χ0) is 13.0. The Morgan fingerprint density at radius 2 is 2.28 bits per heavy atom. The molecule has 0 unspecified atom stereocenters.